The summed E-state index contributed by atoms with van der Waals surface area (Å²) in [6.45, 7) is 6.33. The van der Waals surface area contributed by atoms with Crippen molar-refractivity contribution in [1.29, 1.82) is 0 Å². The topological polar surface area (TPSA) is 17.1 Å². The first-order valence-corrected chi connectivity index (χ1v) is 5.73. The summed E-state index contributed by atoms with van der Waals surface area (Å²) in [7, 11) is 0. The van der Waals surface area contributed by atoms with Crippen LogP contribution in [0.25, 0.3) is 0 Å². The Morgan fingerprint density at radius 2 is 2.13 bits per heavy atom. The summed E-state index contributed by atoms with van der Waals surface area (Å²) in [4.78, 5) is 11.9. The van der Waals surface area contributed by atoms with Gasteiger partial charge in [-0.25, -0.2) is 0 Å². The zero-order valence-corrected chi connectivity index (χ0v) is 9.92. The molecule has 0 aliphatic carbocycles. The highest BCUT2D eigenvalue weighted by Gasteiger charge is 2.10. The van der Waals surface area contributed by atoms with Gasteiger partial charge in [0.1, 0.15) is 0 Å². The predicted molar refractivity (Wildman–Crippen MR) is 64.2 cm³/mol. The zero-order valence-electron chi connectivity index (χ0n) is 9.92. The van der Waals surface area contributed by atoms with Gasteiger partial charge in [-0.3, -0.25) is 4.79 Å². The molecule has 0 aliphatic rings. The number of rotatable bonds is 5. The third-order valence-corrected chi connectivity index (χ3v) is 2.66. The number of hydrogen-bond acceptors (Lipinski definition) is 1. The van der Waals surface area contributed by atoms with Crippen LogP contribution in [0, 0.1) is 12.8 Å². The zero-order chi connectivity index (χ0) is 11.3. The summed E-state index contributed by atoms with van der Waals surface area (Å²) < 4.78 is 0. The summed E-state index contributed by atoms with van der Waals surface area (Å²) in [6.07, 6.45) is 2.97. The largest absolute Gasteiger partial charge is 0.294 e. The normalized spacial score (nSPS) is 12.5. The molecule has 0 fully saturated rings. The molecule has 1 aromatic carbocycles. The van der Waals surface area contributed by atoms with Gasteiger partial charge < -0.3 is 0 Å². The van der Waals surface area contributed by atoms with Gasteiger partial charge in [-0.1, -0.05) is 50.5 Å². The Balaban J connectivity index is 2.61. The average Bonchev–Trinajstić information content (AvgIpc) is 2.18. The van der Waals surface area contributed by atoms with E-state index in [0.29, 0.717) is 12.3 Å². The van der Waals surface area contributed by atoms with Gasteiger partial charge in [-0.2, -0.15) is 0 Å². The lowest BCUT2D eigenvalue weighted by molar-refractivity contribution is 0.0962. The maximum atomic E-state index is 11.9. The molecule has 1 atom stereocenters. The Morgan fingerprint density at radius 1 is 1.40 bits per heavy atom. The molecule has 82 valence electrons. The third-order valence-electron chi connectivity index (χ3n) is 2.66. The summed E-state index contributed by atoms with van der Waals surface area (Å²) >= 11 is 0. The summed E-state index contributed by atoms with van der Waals surface area (Å²) in [5.41, 5.74) is 2.02. The van der Waals surface area contributed by atoms with Crippen LogP contribution in [0.5, 0.6) is 0 Å². The molecule has 0 N–H and O–H groups in total. The van der Waals surface area contributed by atoms with Crippen molar-refractivity contribution in [3.63, 3.8) is 0 Å². The minimum Gasteiger partial charge on any atom is -0.294 e. The smallest absolute Gasteiger partial charge is 0.163 e. The molecule has 0 spiro atoms. The van der Waals surface area contributed by atoms with Crippen molar-refractivity contribution in [2.24, 2.45) is 5.92 Å². The second-order valence-electron chi connectivity index (χ2n) is 4.39. The van der Waals surface area contributed by atoms with E-state index in [-0.39, 0.29) is 5.78 Å². The van der Waals surface area contributed by atoms with E-state index in [2.05, 4.69) is 13.8 Å². The van der Waals surface area contributed by atoms with Crippen molar-refractivity contribution in [3.05, 3.63) is 35.4 Å². The van der Waals surface area contributed by atoms with Gasteiger partial charge in [0.15, 0.2) is 5.78 Å². The summed E-state index contributed by atoms with van der Waals surface area (Å²) in [6, 6.07) is 7.86. The molecule has 1 nitrogen and oxygen atoms in total. The van der Waals surface area contributed by atoms with Crippen LogP contribution in [0.2, 0.25) is 0 Å². The second-order valence-corrected chi connectivity index (χ2v) is 4.39. The minimum atomic E-state index is 0.277. The van der Waals surface area contributed by atoms with Crippen LogP contribution in [-0.4, -0.2) is 5.78 Å². The van der Waals surface area contributed by atoms with Crippen LogP contribution in [0.15, 0.2) is 24.3 Å². The molecule has 0 heterocycles. The molecule has 0 aliphatic heterocycles. The maximum Gasteiger partial charge on any atom is 0.163 e. The molecule has 0 radical (unpaired) electrons. The molecule has 0 saturated carbocycles. The summed E-state index contributed by atoms with van der Waals surface area (Å²) in [5, 5.41) is 0. The average molecular weight is 204 g/mol. The number of carbonyl (C=O) groups is 1. The molecule has 0 aromatic heterocycles. The molecule has 0 amide bonds. The highest BCUT2D eigenvalue weighted by atomic mass is 16.1. The Hall–Kier alpha value is -1.11. The Labute approximate surface area is 92.5 Å². The monoisotopic (exact) mass is 204 g/mol. The molecular weight excluding hydrogens is 184 g/mol. The first-order chi connectivity index (χ1) is 7.13. The Bertz CT molecular complexity index is 328. The van der Waals surface area contributed by atoms with Crippen molar-refractivity contribution < 1.29 is 4.79 Å². The van der Waals surface area contributed by atoms with Gasteiger partial charge in [-0.05, 0) is 18.9 Å². The van der Waals surface area contributed by atoms with Crippen LogP contribution >= 0.6 is 0 Å². The van der Waals surface area contributed by atoms with Crippen LogP contribution in [-0.2, 0) is 0 Å². The quantitative estimate of drug-likeness (QED) is 0.662. The van der Waals surface area contributed by atoms with E-state index < -0.39 is 0 Å². The van der Waals surface area contributed by atoms with E-state index in [1.54, 1.807) is 0 Å². The van der Waals surface area contributed by atoms with E-state index >= 15 is 0 Å². The van der Waals surface area contributed by atoms with E-state index in [9.17, 15) is 4.79 Å². The molecule has 15 heavy (non-hydrogen) atoms. The molecule has 1 unspecified atom stereocenters. The fourth-order valence-corrected chi connectivity index (χ4v) is 1.85. The Kier molecular flexibility index (Phi) is 4.54. The first-order valence-electron chi connectivity index (χ1n) is 5.73. The fraction of sp³-hybridized carbons (Fsp3) is 0.500. The molecule has 0 saturated heterocycles. The lowest BCUT2D eigenvalue weighted by Crippen LogP contribution is -2.06. The lowest BCUT2D eigenvalue weighted by atomic mass is 9.95. The first kappa shape index (κ1) is 12.0. The Morgan fingerprint density at radius 3 is 2.73 bits per heavy atom. The minimum absolute atomic E-state index is 0.277. The van der Waals surface area contributed by atoms with Crippen molar-refractivity contribution in [3.8, 4) is 0 Å². The summed E-state index contributed by atoms with van der Waals surface area (Å²) in [5.74, 6) is 0.780. The maximum absolute atomic E-state index is 11.9. The van der Waals surface area contributed by atoms with Gasteiger partial charge in [0, 0.05) is 12.0 Å². The van der Waals surface area contributed by atoms with Crippen molar-refractivity contribution in [2.45, 2.75) is 40.0 Å². The van der Waals surface area contributed by atoms with Crippen LogP contribution in [0.4, 0.5) is 0 Å². The molecule has 1 heteroatoms. The van der Waals surface area contributed by atoms with Gasteiger partial charge in [0.25, 0.3) is 0 Å². The third kappa shape index (κ3) is 3.86. The number of Topliss-reactive ketones (excluding diaryl/α,β-unsaturated/α-hetero) is 1. The van der Waals surface area contributed by atoms with Gasteiger partial charge >= 0.3 is 0 Å². The molecule has 0 bridgehead atoms. The highest BCUT2D eigenvalue weighted by Crippen LogP contribution is 2.15. The van der Waals surface area contributed by atoms with Gasteiger partial charge in [-0.15, -0.1) is 0 Å². The van der Waals surface area contributed by atoms with Gasteiger partial charge in [0.05, 0.1) is 0 Å². The number of hydrogen-bond donors (Lipinski definition) is 0. The fourth-order valence-electron chi connectivity index (χ4n) is 1.85. The molecule has 1 rings (SSSR count). The second kappa shape index (κ2) is 5.69. The van der Waals surface area contributed by atoms with Crippen LogP contribution < -0.4 is 0 Å². The standard InChI is InChI=1S/C14H20O/c1-4-6-11(2)10-14(15)13-8-5-7-12(3)9-13/h5,7-9,11H,4,6,10H2,1-3H3. The van der Waals surface area contributed by atoms with Crippen molar-refractivity contribution >= 4 is 5.78 Å². The van der Waals surface area contributed by atoms with Crippen LogP contribution in [0.3, 0.4) is 0 Å². The molecule has 1 aromatic rings. The van der Waals surface area contributed by atoms with E-state index in [1.807, 2.05) is 31.2 Å². The lowest BCUT2D eigenvalue weighted by Gasteiger charge is -2.08. The van der Waals surface area contributed by atoms with Crippen molar-refractivity contribution in [2.75, 3.05) is 0 Å². The highest BCUT2D eigenvalue weighted by molar-refractivity contribution is 5.96. The SMILES string of the molecule is CCCC(C)CC(=O)c1cccc(C)c1. The number of ketones is 1. The number of aryl methyl sites for hydroxylation is 1. The number of carbonyl (C=O) groups excluding carboxylic acids is 1. The molecular formula is C14H20O. The van der Waals surface area contributed by atoms with Crippen LogP contribution in [0.1, 0.15) is 49.0 Å². The van der Waals surface area contributed by atoms with E-state index in [0.717, 1.165) is 24.0 Å². The van der Waals surface area contributed by atoms with Crippen molar-refractivity contribution in [1.82, 2.24) is 0 Å². The van der Waals surface area contributed by atoms with E-state index in [4.69, 9.17) is 0 Å². The van der Waals surface area contributed by atoms with E-state index in [1.165, 1.54) is 0 Å². The number of benzene rings is 1. The van der Waals surface area contributed by atoms with Gasteiger partial charge in [0.2, 0.25) is 0 Å². The predicted octanol–water partition coefficient (Wildman–Crippen LogP) is 4.00.